The molecule has 0 bridgehead atoms. The molecule has 1 aromatic heterocycles. The number of aromatic hydroxyl groups is 2. The lowest BCUT2D eigenvalue weighted by atomic mass is 9.97. The van der Waals surface area contributed by atoms with Gasteiger partial charge in [0.1, 0.15) is 23.3 Å². The summed E-state index contributed by atoms with van der Waals surface area (Å²) < 4.78 is 6.04. The molecular weight excluding hydrogens is 314 g/mol. The first kappa shape index (κ1) is 14.9. The Morgan fingerprint density at radius 1 is 0.800 bits per heavy atom. The van der Waals surface area contributed by atoms with E-state index in [0.717, 1.165) is 16.7 Å². The molecule has 0 radical (unpaired) electrons. The van der Waals surface area contributed by atoms with Gasteiger partial charge in [-0.15, -0.1) is 0 Å². The molecule has 0 atom stereocenters. The summed E-state index contributed by atoms with van der Waals surface area (Å²) in [6, 6.07) is 21.4. The minimum atomic E-state index is 0.0132. The number of rotatable bonds is 2. The van der Waals surface area contributed by atoms with E-state index in [1.807, 2.05) is 30.3 Å². The fraction of sp³-hybridized carbons (Fsp3) is 0. The molecule has 25 heavy (non-hydrogen) atoms. The van der Waals surface area contributed by atoms with Crippen molar-refractivity contribution in [1.29, 1.82) is 5.26 Å². The molecule has 3 aromatic carbocycles. The van der Waals surface area contributed by atoms with Gasteiger partial charge in [0.2, 0.25) is 0 Å². The quantitative estimate of drug-likeness (QED) is 0.540. The first-order chi connectivity index (χ1) is 12.2. The molecule has 120 valence electrons. The van der Waals surface area contributed by atoms with Crippen molar-refractivity contribution in [2.45, 2.75) is 0 Å². The maximum absolute atomic E-state index is 10.0. The maximum atomic E-state index is 10.0. The van der Waals surface area contributed by atoms with Gasteiger partial charge in [0.25, 0.3) is 0 Å². The average molecular weight is 327 g/mol. The molecule has 4 heteroatoms. The molecule has 2 N–H and O–H groups in total. The van der Waals surface area contributed by atoms with Crippen LogP contribution in [0.3, 0.4) is 0 Å². The molecule has 1 heterocycles. The summed E-state index contributed by atoms with van der Waals surface area (Å²) in [5, 5.41) is 29.6. The van der Waals surface area contributed by atoms with Crippen LogP contribution in [-0.2, 0) is 0 Å². The van der Waals surface area contributed by atoms with Gasteiger partial charge < -0.3 is 14.6 Å². The fourth-order valence-corrected chi connectivity index (χ4v) is 2.98. The Bertz CT molecular complexity index is 1100. The second-order valence-electron chi connectivity index (χ2n) is 5.70. The van der Waals surface area contributed by atoms with Crippen LogP contribution in [0.2, 0.25) is 0 Å². The predicted octanol–water partition coefficient (Wildman–Crippen LogP) is 5.05. The smallest absolute Gasteiger partial charge is 0.153 e. The van der Waals surface area contributed by atoms with Crippen LogP contribution in [0.15, 0.2) is 71.1 Å². The number of nitriles is 1. The van der Waals surface area contributed by atoms with Crippen LogP contribution in [0.1, 0.15) is 5.56 Å². The van der Waals surface area contributed by atoms with Gasteiger partial charge in [0.05, 0.1) is 5.56 Å². The summed E-state index contributed by atoms with van der Waals surface area (Å²) in [5.74, 6) is 0.763. The highest BCUT2D eigenvalue weighted by atomic mass is 16.3. The Morgan fingerprint density at radius 2 is 1.52 bits per heavy atom. The van der Waals surface area contributed by atoms with Gasteiger partial charge >= 0.3 is 0 Å². The van der Waals surface area contributed by atoms with Gasteiger partial charge in [-0.05, 0) is 35.9 Å². The van der Waals surface area contributed by atoms with Crippen molar-refractivity contribution >= 4 is 11.0 Å². The van der Waals surface area contributed by atoms with E-state index in [0.29, 0.717) is 16.7 Å². The fourth-order valence-electron chi connectivity index (χ4n) is 2.98. The van der Waals surface area contributed by atoms with Crippen LogP contribution < -0.4 is 0 Å². The van der Waals surface area contributed by atoms with Gasteiger partial charge in [0.15, 0.2) is 5.58 Å². The SMILES string of the molecule is N#Cc1cc(O)cc2c(-c3ccccc3)c(-c3ccc(O)cc3)oc12. The van der Waals surface area contributed by atoms with Crippen LogP contribution in [0.5, 0.6) is 11.5 Å². The van der Waals surface area contributed by atoms with E-state index in [-0.39, 0.29) is 17.1 Å². The van der Waals surface area contributed by atoms with Gasteiger partial charge in [-0.3, -0.25) is 0 Å². The molecular formula is C21H13NO3. The van der Waals surface area contributed by atoms with Crippen molar-refractivity contribution in [2.24, 2.45) is 0 Å². The Kier molecular flexibility index (Phi) is 3.41. The molecule has 4 nitrogen and oxygen atoms in total. The molecule has 0 aliphatic heterocycles. The number of hydrogen-bond donors (Lipinski definition) is 2. The van der Waals surface area contributed by atoms with Crippen molar-refractivity contribution < 1.29 is 14.6 Å². The Morgan fingerprint density at radius 3 is 2.20 bits per heavy atom. The van der Waals surface area contributed by atoms with Gasteiger partial charge in [-0.2, -0.15) is 5.26 Å². The van der Waals surface area contributed by atoms with Crippen LogP contribution in [0, 0.1) is 11.3 Å². The minimum absolute atomic E-state index is 0.0132. The van der Waals surface area contributed by atoms with Crippen molar-refractivity contribution in [3.8, 4) is 40.0 Å². The summed E-state index contributed by atoms with van der Waals surface area (Å²) in [7, 11) is 0. The van der Waals surface area contributed by atoms with E-state index in [1.165, 1.54) is 6.07 Å². The number of hydrogen-bond acceptors (Lipinski definition) is 4. The highest BCUT2D eigenvalue weighted by Gasteiger charge is 2.20. The van der Waals surface area contributed by atoms with Gasteiger partial charge in [-0.25, -0.2) is 0 Å². The van der Waals surface area contributed by atoms with E-state index in [1.54, 1.807) is 30.3 Å². The first-order valence-corrected chi connectivity index (χ1v) is 7.72. The van der Waals surface area contributed by atoms with E-state index in [2.05, 4.69) is 6.07 Å². The molecule has 0 saturated carbocycles. The van der Waals surface area contributed by atoms with Crippen molar-refractivity contribution in [3.63, 3.8) is 0 Å². The number of furan rings is 1. The maximum Gasteiger partial charge on any atom is 0.153 e. The van der Waals surface area contributed by atoms with E-state index < -0.39 is 0 Å². The van der Waals surface area contributed by atoms with Gasteiger partial charge in [0, 0.05) is 22.6 Å². The zero-order chi connectivity index (χ0) is 17.4. The second kappa shape index (κ2) is 5.73. The zero-order valence-corrected chi connectivity index (χ0v) is 13.1. The molecule has 4 aromatic rings. The number of fused-ring (bicyclic) bond motifs is 1. The van der Waals surface area contributed by atoms with Crippen molar-refractivity contribution in [2.75, 3.05) is 0 Å². The minimum Gasteiger partial charge on any atom is -0.508 e. The van der Waals surface area contributed by atoms with Crippen molar-refractivity contribution in [1.82, 2.24) is 0 Å². The average Bonchev–Trinajstić information content (AvgIpc) is 3.01. The summed E-state index contributed by atoms with van der Waals surface area (Å²) >= 11 is 0. The number of phenols is 2. The lowest BCUT2D eigenvalue weighted by molar-refractivity contribution is 0.474. The van der Waals surface area contributed by atoms with E-state index in [4.69, 9.17) is 4.42 Å². The Balaban J connectivity index is 2.11. The molecule has 0 aliphatic rings. The number of nitrogens with zero attached hydrogens (tertiary/aromatic N) is 1. The van der Waals surface area contributed by atoms with Crippen LogP contribution in [0.25, 0.3) is 33.4 Å². The third kappa shape index (κ3) is 2.48. The summed E-state index contributed by atoms with van der Waals surface area (Å²) in [6.45, 7) is 0. The largest absolute Gasteiger partial charge is 0.508 e. The summed E-state index contributed by atoms with van der Waals surface area (Å²) in [4.78, 5) is 0. The third-order valence-corrected chi connectivity index (χ3v) is 4.09. The lowest BCUT2D eigenvalue weighted by Crippen LogP contribution is -1.81. The van der Waals surface area contributed by atoms with Crippen LogP contribution in [0.4, 0.5) is 0 Å². The summed E-state index contributed by atoms with van der Waals surface area (Å²) in [6.07, 6.45) is 0. The van der Waals surface area contributed by atoms with Crippen LogP contribution >= 0.6 is 0 Å². The molecule has 0 aliphatic carbocycles. The normalized spacial score (nSPS) is 10.7. The van der Waals surface area contributed by atoms with E-state index in [9.17, 15) is 15.5 Å². The van der Waals surface area contributed by atoms with Gasteiger partial charge in [-0.1, -0.05) is 30.3 Å². The van der Waals surface area contributed by atoms with Crippen LogP contribution in [-0.4, -0.2) is 10.2 Å². The highest BCUT2D eigenvalue weighted by molar-refractivity contribution is 6.04. The number of benzene rings is 3. The molecule has 0 fully saturated rings. The lowest BCUT2D eigenvalue weighted by Gasteiger charge is -2.04. The first-order valence-electron chi connectivity index (χ1n) is 7.72. The predicted molar refractivity (Wildman–Crippen MR) is 95.1 cm³/mol. The zero-order valence-electron chi connectivity index (χ0n) is 13.1. The monoisotopic (exact) mass is 327 g/mol. The molecule has 4 rings (SSSR count). The third-order valence-electron chi connectivity index (χ3n) is 4.09. The Labute approximate surface area is 143 Å². The highest BCUT2D eigenvalue weighted by Crippen LogP contribution is 2.43. The Hall–Kier alpha value is -3.71. The number of phenolic OH excluding ortho intramolecular Hbond substituents is 2. The second-order valence-corrected chi connectivity index (χ2v) is 5.70. The summed E-state index contributed by atoms with van der Waals surface area (Å²) in [5.41, 5.74) is 3.20. The molecule has 0 unspecified atom stereocenters. The standard InChI is InChI=1S/C21H13NO3/c22-12-15-10-17(24)11-18-19(13-4-2-1-3-5-13)21(25-20(15)18)14-6-8-16(23)9-7-14/h1-11,23-24H. The molecule has 0 spiro atoms. The van der Waals surface area contributed by atoms with E-state index >= 15 is 0 Å². The molecule has 0 amide bonds. The topological polar surface area (TPSA) is 77.4 Å². The molecule has 0 saturated heterocycles. The van der Waals surface area contributed by atoms with Crippen molar-refractivity contribution in [3.05, 3.63) is 72.3 Å².